The number of rotatable bonds is 7. The molecule has 0 unspecified atom stereocenters. The Kier molecular flexibility index (Phi) is 6.06. The quantitative estimate of drug-likeness (QED) is 0.186. The zero-order valence-electron chi connectivity index (χ0n) is 13.9. The smallest absolute Gasteiger partial charge is 0.341 e. The highest BCUT2D eigenvalue weighted by Crippen LogP contribution is 2.23. The van der Waals surface area contributed by atoms with Crippen molar-refractivity contribution in [3.8, 4) is 0 Å². The molecule has 0 fully saturated rings. The predicted octanol–water partition coefficient (Wildman–Crippen LogP) is 0.833. The molecule has 2 heterocycles. The monoisotopic (exact) mass is 426 g/mol. The SMILES string of the molecule is NC(=Nc1ccc(F)c(Cl)c1)c1nonc1SCCNC(=O)c1n[nH]c(=O)[nH]1. The number of carbonyl (C=O) groups is 1. The molecule has 3 rings (SSSR count). The number of nitrogens with zero attached hydrogens (tertiary/aromatic N) is 4. The lowest BCUT2D eigenvalue weighted by atomic mass is 10.3. The van der Waals surface area contributed by atoms with Crippen LogP contribution in [-0.4, -0.2) is 49.5 Å². The number of nitrogens with two attached hydrogens (primary N) is 1. The standard InChI is InChI=1S/C14H12ClFN8O3S/c15-7-5-6(1-2-8(7)16)19-10(17)9-13(24-27-23-9)28-4-3-18-12(25)11-20-14(26)22-21-11/h1-2,5H,3-4H2,(H2,17,19)(H,18,25)(H2,20,21,22,26). The summed E-state index contributed by atoms with van der Waals surface area (Å²) in [6, 6.07) is 3.89. The van der Waals surface area contributed by atoms with Crippen LogP contribution in [0, 0.1) is 5.82 Å². The molecule has 0 bridgehead atoms. The maximum atomic E-state index is 13.2. The van der Waals surface area contributed by atoms with Crippen LogP contribution in [0.25, 0.3) is 0 Å². The van der Waals surface area contributed by atoms with Gasteiger partial charge < -0.3 is 11.1 Å². The third-order valence-corrected chi connectivity index (χ3v) is 4.44. The number of H-pyrrole nitrogens is 2. The van der Waals surface area contributed by atoms with Gasteiger partial charge in [0.15, 0.2) is 16.6 Å². The van der Waals surface area contributed by atoms with Gasteiger partial charge in [0.2, 0.25) is 5.82 Å². The van der Waals surface area contributed by atoms with Gasteiger partial charge in [-0.3, -0.25) is 9.78 Å². The van der Waals surface area contributed by atoms with Crippen molar-refractivity contribution in [2.24, 2.45) is 10.7 Å². The van der Waals surface area contributed by atoms with E-state index in [-0.39, 0.29) is 28.9 Å². The molecule has 0 radical (unpaired) electrons. The molecular formula is C14H12ClFN8O3S. The Balaban J connectivity index is 1.58. The van der Waals surface area contributed by atoms with Gasteiger partial charge in [-0.15, -0.1) is 5.10 Å². The van der Waals surface area contributed by atoms with Gasteiger partial charge in [0.05, 0.1) is 10.7 Å². The number of amidine groups is 1. The normalized spacial score (nSPS) is 11.6. The van der Waals surface area contributed by atoms with Crippen LogP contribution in [0.4, 0.5) is 10.1 Å². The summed E-state index contributed by atoms with van der Waals surface area (Å²) in [4.78, 5) is 29.0. The summed E-state index contributed by atoms with van der Waals surface area (Å²) in [6.45, 7) is 0.245. The highest BCUT2D eigenvalue weighted by Gasteiger charge is 2.15. The van der Waals surface area contributed by atoms with Crippen molar-refractivity contribution in [1.29, 1.82) is 0 Å². The number of thioether (sulfide) groups is 1. The van der Waals surface area contributed by atoms with Gasteiger partial charge in [0, 0.05) is 12.3 Å². The molecule has 0 spiro atoms. The van der Waals surface area contributed by atoms with Crippen molar-refractivity contribution in [2.45, 2.75) is 5.03 Å². The van der Waals surface area contributed by atoms with Gasteiger partial charge in [-0.25, -0.2) is 23.9 Å². The van der Waals surface area contributed by atoms with Crippen LogP contribution in [-0.2, 0) is 0 Å². The molecule has 5 N–H and O–H groups in total. The second kappa shape index (κ2) is 8.67. The number of aliphatic imine (C=N–C) groups is 1. The van der Waals surface area contributed by atoms with Crippen LogP contribution in [0.3, 0.4) is 0 Å². The fraction of sp³-hybridized carbons (Fsp3) is 0.143. The highest BCUT2D eigenvalue weighted by atomic mass is 35.5. The highest BCUT2D eigenvalue weighted by molar-refractivity contribution is 7.99. The molecule has 28 heavy (non-hydrogen) atoms. The van der Waals surface area contributed by atoms with Crippen molar-refractivity contribution in [1.82, 2.24) is 30.8 Å². The number of hydrogen-bond donors (Lipinski definition) is 4. The zero-order chi connectivity index (χ0) is 20.1. The fourth-order valence-electron chi connectivity index (χ4n) is 1.95. The number of benzene rings is 1. The number of nitrogens with one attached hydrogen (secondary N) is 3. The van der Waals surface area contributed by atoms with Crippen LogP contribution >= 0.6 is 23.4 Å². The van der Waals surface area contributed by atoms with E-state index in [4.69, 9.17) is 17.3 Å². The van der Waals surface area contributed by atoms with E-state index in [1.807, 2.05) is 0 Å². The van der Waals surface area contributed by atoms with Gasteiger partial charge in [0.1, 0.15) is 5.82 Å². The van der Waals surface area contributed by atoms with Crippen molar-refractivity contribution >= 4 is 40.8 Å². The first kappa shape index (κ1) is 19.6. The van der Waals surface area contributed by atoms with Gasteiger partial charge in [-0.05, 0) is 28.5 Å². The molecule has 14 heteroatoms. The lowest BCUT2D eigenvalue weighted by Crippen LogP contribution is -2.27. The Labute approximate surface area is 164 Å². The first-order valence-corrected chi connectivity index (χ1v) is 8.98. The van der Waals surface area contributed by atoms with Crippen molar-refractivity contribution in [2.75, 3.05) is 12.3 Å². The van der Waals surface area contributed by atoms with E-state index >= 15 is 0 Å². The minimum Gasteiger partial charge on any atom is -0.382 e. The molecule has 1 aromatic carbocycles. The van der Waals surface area contributed by atoms with Gasteiger partial charge in [-0.1, -0.05) is 23.4 Å². The van der Waals surface area contributed by atoms with Crippen LogP contribution in [0.5, 0.6) is 0 Å². The van der Waals surface area contributed by atoms with Crippen molar-refractivity contribution in [3.05, 3.63) is 51.0 Å². The number of aromatic amines is 2. The molecule has 146 valence electrons. The Hall–Kier alpha value is -3.19. The average molecular weight is 427 g/mol. The topological polar surface area (TPSA) is 168 Å². The lowest BCUT2D eigenvalue weighted by molar-refractivity contribution is 0.0946. The largest absolute Gasteiger partial charge is 0.382 e. The van der Waals surface area contributed by atoms with E-state index in [0.717, 1.165) is 0 Å². The number of halogens is 2. The summed E-state index contributed by atoms with van der Waals surface area (Å²) in [6.07, 6.45) is 0. The van der Waals surface area contributed by atoms with E-state index in [9.17, 15) is 14.0 Å². The molecule has 0 aliphatic carbocycles. The lowest BCUT2D eigenvalue weighted by Gasteiger charge is -2.02. The minimum absolute atomic E-state index is 0.00422. The molecule has 11 nitrogen and oxygen atoms in total. The summed E-state index contributed by atoms with van der Waals surface area (Å²) in [5.41, 5.74) is 5.88. The Bertz CT molecular complexity index is 1080. The number of hydrogen-bond acceptors (Lipinski definition) is 8. The van der Waals surface area contributed by atoms with Gasteiger partial charge >= 0.3 is 5.69 Å². The van der Waals surface area contributed by atoms with Gasteiger partial charge in [0.25, 0.3) is 5.91 Å². The van der Waals surface area contributed by atoms with Crippen LogP contribution in [0.15, 0.2) is 37.6 Å². The van der Waals surface area contributed by atoms with Crippen LogP contribution in [0.2, 0.25) is 5.02 Å². The molecule has 0 saturated heterocycles. The van der Waals surface area contributed by atoms with Crippen LogP contribution in [0.1, 0.15) is 16.3 Å². The van der Waals surface area contributed by atoms with E-state index in [0.29, 0.717) is 16.5 Å². The first-order chi connectivity index (χ1) is 13.4. The third kappa shape index (κ3) is 4.75. The molecule has 3 aromatic rings. The maximum Gasteiger partial charge on any atom is 0.341 e. The summed E-state index contributed by atoms with van der Waals surface area (Å²) in [7, 11) is 0. The maximum absolute atomic E-state index is 13.2. The fourth-order valence-corrected chi connectivity index (χ4v) is 2.89. The summed E-state index contributed by atoms with van der Waals surface area (Å²) >= 11 is 6.92. The molecule has 2 aromatic heterocycles. The van der Waals surface area contributed by atoms with Crippen molar-refractivity contribution < 1.29 is 13.8 Å². The van der Waals surface area contributed by atoms with Crippen LogP contribution < -0.4 is 16.7 Å². The zero-order valence-corrected chi connectivity index (χ0v) is 15.5. The van der Waals surface area contributed by atoms with E-state index in [1.165, 1.54) is 30.0 Å². The number of aromatic nitrogens is 5. The second-order valence-corrected chi connectivity index (χ2v) is 6.63. The Morgan fingerprint density at radius 2 is 2.25 bits per heavy atom. The number of carbonyl (C=O) groups excluding carboxylic acids is 1. The summed E-state index contributed by atoms with van der Waals surface area (Å²) < 4.78 is 17.9. The van der Waals surface area contributed by atoms with E-state index < -0.39 is 17.4 Å². The average Bonchev–Trinajstić information content (AvgIpc) is 3.30. The molecule has 0 aliphatic heterocycles. The van der Waals surface area contributed by atoms with E-state index in [2.05, 4.69) is 40.4 Å². The summed E-state index contributed by atoms with van der Waals surface area (Å²) in [5, 5.41) is 15.9. The summed E-state index contributed by atoms with van der Waals surface area (Å²) in [5.74, 6) is -0.819. The molecule has 0 aliphatic rings. The number of amides is 1. The molecule has 0 atom stereocenters. The molecule has 0 saturated carbocycles. The second-order valence-electron chi connectivity index (χ2n) is 5.14. The Morgan fingerprint density at radius 1 is 1.43 bits per heavy atom. The van der Waals surface area contributed by atoms with Gasteiger partial charge in [-0.2, -0.15) is 0 Å². The molecular weight excluding hydrogens is 415 g/mol. The first-order valence-electron chi connectivity index (χ1n) is 7.62. The van der Waals surface area contributed by atoms with E-state index in [1.54, 1.807) is 0 Å². The third-order valence-electron chi connectivity index (χ3n) is 3.20. The predicted molar refractivity (Wildman–Crippen MR) is 98.4 cm³/mol. The Morgan fingerprint density at radius 3 is 2.96 bits per heavy atom. The molecule has 1 amide bonds. The minimum atomic E-state index is -0.574. The van der Waals surface area contributed by atoms with Crippen molar-refractivity contribution in [3.63, 3.8) is 0 Å².